The molecule has 2 aromatic rings. The van der Waals surface area contributed by atoms with Gasteiger partial charge >= 0.3 is 0 Å². The van der Waals surface area contributed by atoms with E-state index in [9.17, 15) is 9.18 Å². The summed E-state index contributed by atoms with van der Waals surface area (Å²) in [6.07, 6.45) is 0.409. The highest BCUT2D eigenvalue weighted by Crippen LogP contribution is 2.36. The number of likely N-dealkylation sites (N-methyl/N-ethyl adjacent to an activating group) is 1. The van der Waals surface area contributed by atoms with E-state index in [-0.39, 0.29) is 35.9 Å². The van der Waals surface area contributed by atoms with E-state index >= 15 is 0 Å². The second-order valence-corrected chi connectivity index (χ2v) is 9.40. The average Bonchev–Trinajstić information content (AvgIpc) is 3.26. The second kappa shape index (κ2) is 9.87. The Morgan fingerprint density at radius 1 is 1.09 bits per heavy atom. The number of piperidine rings is 1. The summed E-state index contributed by atoms with van der Waals surface area (Å²) in [5.41, 5.74) is 8.81. The molecule has 3 heterocycles. The van der Waals surface area contributed by atoms with E-state index in [0.29, 0.717) is 29.8 Å². The van der Waals surface area contributed by atoms with Crippen LogP contribution in [0.4, 0.5) is 10.1 Å². The number of fused-ring (bicyclic) bond motifs is 1. The van der Waals surface area contributed by atoms with Crippen LogP contribution in [0.3, 0.4) is 0 Å². The highest BCUT2D eigenvalue weighted by molar-refractivity contribution is 5.94. The van der Waals surface area contributed by atoms with Crippen molar-refractivity contribution in [1.29, 1.82) is 0 Å². The number of hydrazine groups is 1. The molecule has 4 N–H and O–H groups in total. The van der Waals surface area contributed by atoms with Crippen LogP contribution < -0.4 is 31.1 Å². The van der Waals surface area contributed by atoms with Crippen molar-refractivity contribution in [2.75, 3.05) is 51.8 Å². The maximum Gasteiger partial charge on any atom is 0.252 e. The Kier molecular flexibility index (Phi) is 6.69. The molecule has 4 atom stereocenters. The molecule has 3 aliphatic rings. The molecule has 9 heteroatoms. The number of carbonyl (C=O) groups is 1. The third kappa shape index (κ3) is 4.61. The zero-order chi connectivity index (χ0) is 23.7. The van der Waals surface area contributed by atoms with E-state index in [4.69, 9.17) is 4.74 Å². The van der Waals surface area contributed by atoms with Crippen molar-refractivity contribution in [1.82, 2.24) is 26.4 Å². The normalized spacial score (nSPS) is 27.3. The van der Waals surface area contributed by atoms with Gasteiger partial charge in [0.15, 0.2) is 0 Å². The monoisotopic (exact) mass is 468 g/mol. The number of benzene rings is 2. The fraction of sp³-hybridized carbons (Fsp3) is 0.480. The molecule has 0 aromatic heterocycles. The Hall–Kier alpha value is -2.72. The first-order valence-corrected chi connectivity index (χ1v) is 11.9. The Balaban J connectivity index is 1.24. The standard InChI is InChI=1S/C25H33FN6O2/c1-31-10-12-32(13-11-31)17-8-6-16(7-9-17)25(33)28-24-18-14-20(27-15-21(18)29-30-24)23-19(26)4-3-5-22(23)34-2/h3-9,18,20-21,24,27,29-30H,10-15H2,1-2H3,(H,28,33). The molecule has 0 radical (unpaired) electrons. The molecule has 0 saturated carbocycles. The predicted molar refractivity (Wildman–Crippen MR) is 129 cm³/mol. The number of methoxy groups -OCH3 is 1. The summed E-state index contributed by atoms with van der Waals surface area (Å²) in [6.45, 7) is 4.72. The quantitative estimate of drug-likeness (QED) is 0.529. The highest BCUT2D eigenvalue weighted by atomic mass is 19.1. The molecule has 0 bridgehead atoms. The number of anilines is 1. The van der Waals surface area contributed by atoms with Gasteiger partial charge in [-0.3, -0.25) is 10.2 Å². The molecule has 3 aliphatic heterocycles. The lowest BCUT2D eigenvalue weighted by Gasteiger charge is -2.35. The summed E-state index contributed by atoms with van der Waals surface area (Å²) in [6, 6.07) is 12.7. The molecule has 34 heavy (non-hydrogen) atoms. The Labute approximate surface area is 199 Å². The molecule has 4 unspecified atom stereocenters. The van der Waals surface area contributed by atoms with Crippen LogP contribution in [0.5, 0.6) is 5.75 Å². The summed E-state index contributed by atoms with van der Waals surface area (Å²) < 4.78 is 20.1. The van der Waals surface area contributed by atoms with Gasteiger partial charge in [0, 0.05) is 67.5 Å². The third-order valence-corrected chi connectivity index (χ3v) is 7.33. The number of rotatable bonds is 5. The minimum Gasteiger partial charge on any atom is -0.496 e. The number of piperazine rings is 1. The highest BCUT2D eigenvalue weighted by Gasteiger charge is 2.42. The van der Waals surface area contributed by atoms with Gasteiger partial charge in [0.25, 0.3) is 5.91 Å². The van der Waals surface area contributed by atoms with Gasteiger partial charge in [-0.05, 0) is 49.9 Å². The smallest absolute Gasteiger partial charge is 0.252 e. The molecule has 3 fully saturated rings. The minimum absolute atomic E-state index is 0.101. The van der Waals surface area contributed by atoms with E-state index in [1.807, 2.05) is 24.3 Å². The largest absolute Gasteiger partial charge is 0.496 e. The first-order chi connectivity index (χ1) is 16.5. The maximum atomic E-state index is 14.7. The fourth-order valence-electron chi connectivity index (χ4n) is 5.28. The Bertz CT molecular complexity index is 1010. The topological polar surface area (TPSA) is 80.9 Å². The molecule has 0 spiro atoms. The Morgan fingerprint density at radius 2 is 1.85 bits per heavy atom. The number of nitrogens with one attached hydrogen (secondary N) is 4. The summed E-state index contributed by atoms with van der Waals surface area (Å²) in [5.74, 6) is 0.235. The van der Waals surface area contributed by atoms with Gasteiger partial charge < -0.3 is 25.2 Å². The van der Waals surface area contributed by atoms with Crippen LogP contribution >= 0.6 is 0 Å². The maximum absolute atomic E-state index is 14.7. The van der Waals surface area contributed by atoms with Crippen LogP contribution in [0.1, 0.15) is 28.4 Å². The number of ether oxygens (including phenoxy) is 1. The van der Waals surface area contributed by atoms with E-state index in [1.165, 1.54) is 6.07 Å². The van der Waals surface area contributed by atoms with Gasteiger partial charge in [0.2, 0.25) is 0 Å². The number of carbonyl (C=O) groups excluding carboxylic acids is 1. The molecule has 2 aromatic carbocycles. The molecule has 5 rings (SSSR count). The SMILES string of the molecule is COc1cccc(F)c1C1CC2C(CN1)NNC2NC(=O)c1ccc(N2CCN(C)CC2)cc1. The Morgan fingerprint density at radius 3 is 2.59 bits per heavy atom. The average molecular weight is 469 g/mol. The summed E-state index contributed by atoms with van der Waals surface area (Å²) in [4.78, 5) is 17.7. The molecule has 182 valence electrons. The van der Waals surface area contributed by atoms with Crippen LogP contribution in [-0.2, 0) is 0 Å². The van der Waals surface area contributed by atoms with Crippen molar-refractivity contribution in [2.24, 2.45) is 5.92 Å². The van der Waals surface area contributed by atoms with E-state index < -0.39 is 0 Å². The third-order valence-electron chi connectivity index (χ3n) is 7.33. The van der Waals surface area contributed by atoms with E-state index in [1.54, 1.807) is 19.2 Å². The van der Waals surface area contributed by atoms with Crippen LogP contribution in [0.25, 0.3) is 0 Å². The molecule has 0 aliphatic carbocycles. The van der Waals surface area contributed by atoms with Gasteiger partial charge in [-0.2, -0.15) is 0 Å². The zero-order valence-corrected chi connectivity index (χ0v) is 19.7. The van der Waals surface area contributed by atoms with Crippen LogP contribution in [0.2, 0.25) is 0 Å². The van der Waals surface area contributed by atoms with Crippen molar-refractivity contribution in [3.8, 4) is 5.75 Å². The van der Waals surface area contributed by atoms with Crippen molar-refractivity contribution < 1.29 is 13.9 Å². The van der Waals surface area contributed by atoms with Gasteiger partial charge in [-0.1, -0.05) is 6.07 Å². The van der Waals surface area contributed by atoms with Crippen LogP contribution in [-0.4, -0.2) is 69.9 Å². The molecular formula is C25H33FN6O2. The lowest BCUT2D eigenvalue weighted by molar-refractivity contribution is 0.0913. The first-order valence-electron chi connectivity index (χ1n) is 11.9. The number of nitrogens with zero attached hydrogens (tertiary/aromatic N) is 2. The number of halogens is 1. The first kappa shape index (κ1) is 23.0. The second-order valence-electron chi connectivity index (χ2n) is 9.40. The van der Waals surface area contributed by atoms with Crippen LogP contribution in [0.15, 0.2) is 42.5 Å². The predicted octanol–water partition coefficient (Wildman–Crippen LogP) is 1.47. The molecular weight excluding hydrogens is 435 g/mol. The van der Waals surface area contributed by atoms with Gasteiger partial charge in [0.1, 0.15) is 11.6 Å². The summed E-state index contributed by atoms with van der Waals surface area (Å²) in [7, 11) is 3.69. The molecule has 8 nitrogen and oxygen atoms in total. The molecule has 3 saturated heterocycles. The molecule has 1 amide bonds. The van der Waals surface area contributed by atoms with Crippen molar-refractivity contribution >= 4 is 11.6 Å². The van der Waals surface area contributed by atoms with Gasteiger partial charge in [-0.25, -0.2) is 9.82 Å². The zero-order valence-electron chi connectivity index (χ0n) is 19.7. The van der Waals surface area contributed by atoms with Crippen molar-refractivity contribution in [3.63, 3.8) is 0 Å². The van der Waals surface area contributed by atoms with E-state index in [2.05, 4.69) is 38.3 Å². The number of hydrogen-bond acceptors (Lipinski definition) is 7. The van der Waals surface area contributed by atoms with Gasteiger partial charge in [0.05, 0.1) is 13.3 Å². The van der Waals surface area contributed by atoms with Crippen molar-refractivity contribution in [3.05, 3.63) is 59.4 Å². The van der Waals surface area contributed by atoms with Gasteiger partial charge in [-0.15, -0.1) is 0 Å². The van der Waals surface area contributed by atoms with Crippen LogP contribution in [0, 0.1) is 11.7 Å². The minimum atomic E-state index is -0.282. The lowest BCUT2D eigenvalue weighted by Crippen LogP contribution is -2.49. The fourth-order valence-corrected chi connectivity index (χ4v) is 5.28. The lowest BCUT2D eigenvalue weighted by atomic mass is 9.84. The summed E-state index contributed by atoms with van der Waals surface area (Å²) >= 11 is 0. The summed E-state index contributed by atoms with van der Waals surface area (Å²) in [5, 5.41) is 6.55. The number of hydrogen-bond donors (Lipinski definition) is 4. The van der Waals surface area contributed by atoms with Crippen molar-refractivity contribution in [2.45, 2.75) is 24.7 Å². The number of amides is 1. The van der Waals surface area contributed by atoms with E-state index in [0.717, 1.165) is 31.9 Å².